The van der Waals surface area contributed by atoms with Crippen LogP contribution in [0, 0.1) is 0 Å². The number of halogens is 1. The van der Waals surface area contributed by atoms with Crippen LogP contribution < -0.4 is 10.0 Å². The third kappa shape index (κ3) is 2.23. The van der Waals surface area contributed by atoms with Crippen molar-refractivity contribution < 1.29 is 14.8 Å². The van der Waals surface area contributed by atoms with Crippen LogP contribution in [-0.4, -0.2) is 25.8 Å². The molecule has 1 saturated heterocycles. The van der Waals surface area contributed by atoms with Crippen molar-refractivity contribution in [3.63, 3.8) is 0 Å². The summed E-state index contributed by atoms with van der Waals surface area (Å²) in [7, 11) is 0. The third-order valence-corrected chi connectivity index (χ3v) is 1.22. The maximum absolute atomic E-state index is 5.25. The van der Waals surface area contributed by atoms with E-state index < -0.39 is 0 Å². The maximum Gasteiger partial charge on any atom is 0.104 e. The molecule has 0 aromatic carbocycles. The lowest BCUT2D eigenvalue weighted by molar-refractivity contribution is -0.676. The minimum atomic E-state index is 0. The monoisotopic (exact) mass is 121 g/mol. The number of ether oxygens (including phenoxy) is 1. The van der Waals surface area contributed by atoms with Crippen LogP contribution in [-0.2, 0) is 4.74 Å². The molecule has 0 radical (unpaired) electrons. The first-order valence-corrected chi connectivity index (χ1v) is 2.83. The molecular formula is C5H12FNO. The molecule has 1 aliphatic rings. The summed E-state index contributed by atoms with van der Waals surface area (Å²) >= 11 is 0. The first-order valence-electron chi connectivity index (χ1n) is 2.83. The quantitative estimate of drug-likeness (QED) is 0.347. The molecule has 2 nitrogen and oxygen atoms in total. The second kappa shape index (κ2) is 3.80. The standard InChI is InChI=1S/C5H11NO.FH/c1-5-4-6-2-3-7-5;/h5-6H,2-4H2,1H3;1H. The molecule has 1 aliphatic heterocycles. The Balaban J connectivity index is 0.000000490. The summed E-state index contributed by atoms with van der Waals surface area (Å²) in [6.07, 6.45) is 0.480. The van der Waals surface area contributed by atoms with Crippen molar-refractivity contribution in [1.82, 2.24) is 0 Å². The van der Waals surface area contributed by atoms with Crippen LogP contribution in [0.4, 0.5) is 0 Å². The highest BCUT2D eigenvalue weighted by atomic mass is 19.0. The van der Waals surface area contributed by atoms with Crippen molar-refractivity contribution in [3.05, 3.63) is 0 Å². The van der Waals surface area contributed by atoms with Gasteiger partial charge in [-0.15, -0.1) is 0 Å². The Labute approximate surface area is 48.6 Å². The minimum absolute atomic E-state index is 0. The fourth-order valence-corrected chi connectivity index (χ4v) is 0.773. The summed E-state index contributed by atoms with van der Waals surface area (Å²) < 4.78 is 5.25. The van der Waals surface area contributed by atoms with Gasteiger partial charge in [0, 0.05) is 0 Å². The summed E-state index contributed by atoms with van der Waals surface area (Å²) in [6.45, 7) is 5.32. The Morgan fingerprint density at radius 3 is 2.62 bits per heavy atom. The van der Waals surface area contributed by atoms with Gasteiger partial charge in [-0.25, -0.2) is 0 Å². The van der Waals surface area contributed by atoms with E-state index >= 15 is 0 Å². The fourth-order valence-electron chi connectivity index (χ4n) is 0.773. The number of nitrogens with two attached hydrogens (primary N) is 1. The molecule has 1 atom stereocenters. The lowest BCUT2D eigenvalue weighted by atomic mass is 10.3. The molecule has 50 valence electrons. The average molecular weight is 121 g/mol. The van der Waals surface area contributed by atoms with Gasteiger partial charge in [-0.05, 0) is 6.92 Å². The zero-order valence-electron chi connectivity index (χ0n) is 5.06. The molecule has 0 saturated carbocycles. The van der Waals surface area contributed by atoms with Crippen molar-refractivity contribution in [2.24, 2.45) is 0 Å². The molecule has 0 amide bonds. The van der Waals surface area contributed by atoms with E-state index in [4.69, 9.17) is 4.74 Å². The van der Waals surface area contributed by atoms with E-state index in [9.17, 15) is 0 Å². The Morgan fingerprint density at radius 1 is 1.62 bits per heavy atom. The minimum Gasteiger partial charge on any atom is -1.00 e. The van der Waals surface area contributed by atoms with Gasteiger partial charge in [0.25, 0.3) is 0 Å². The van der Waals surface area contributed by atoms with Crippen LogP contribution in [0.3, 0.4) is 0 Å². The van der Waals surface area contributed by atoms with E-state index in [0.717, 1.165) is 19.7 Å². The first kappa shape index (κ1) is 7.85. The summed E-state index contributed by atoms with van der Waals surface area (Å²) in [5.74, 6) is 0. The molecule has 0 bridgehead atoms. The number of hydrogen-bond donors (Lipinski definition) is 1. The molecule has 1 unspecified atom stereocenters. The van der Waals surface area contributed by atoms with Gasteiger partial charge < -0.3 is 14.8 Å². The second-order valence-corrected chi connectivity index (χ2v) is 1.99. The SMILES string of the molecule is CC1C[NH2+]CCO1.[F-]. The molecule has 8 heavy (non-hydrogen) atoms. The molecule has 0 spiro atoms. The molecule has 0 aromatic rings. The lowest BCUT2D eigenvalue weighted by Crippen LogP contribution is -3.00. The number of hydrogen-bond acceptors (Lipinski definition) is 1. The van der Waals surface area contributed by atoms with Gasteiger partial charge in [-0.3, -0.25) is 0 Å². The molecule has 0 aromatic heterocycles. The normalized spacial score (nSPS) is 28.9. The largest absolute Gasteiger partial charge is 1.00 e. The molecule has 3 heteroatoms. The smallest absolute Gasteiger partial charge is 0.104 e. The van der Waals surface area contributed by atoms with E-state index in [1.807, 2.05) is 0 Å². The predicted molar refractivity (Wildman–Crippen MR) is 27.1 cm³/mol. The highest BCUT2D eigenvalue weighted by molar-refractivity contribution is 4.46. The number of morpholine rings is 1. The summed E-state index contributed by atoms with van der Waals surface area (Å²) in [6, 6.07) is 0. The van der Waals surface area contributed by atoms with Crippen molar-refractivity contribution >= 4 is 0 Å². The van der Waals surface area contributed by atoms with Crippen LogP contribution in [0.1, 0.15) is 6.92 Å². The van der Waals surface area contributed by atoms with Crippen LogP contribution >= 0.6 is 0 Å². The Morgan fingerprint density at radius 2 is 2.38 bits per heavy atom. The van der Waals surface area contributed by atoms with Gasteiger partial charge in [-0.2, -0.15) is 0 Å². The zero-order chi connectivity index (χ0) is 5.11. The molecule has 2 N–H and O–H groups in total. The van der Waals surface area contributed by atoms with E-state index in [-0.39, 0.29) is 4.70 Å². The molecule has 0 aliphatic carbocycles. The van der Waals surface area contributed by atoms with Crippen molar-refractivity contribution in [1.29, 1.82) is 0 Å². The van der Waals surface area contributed by atoms with E-state index in [1.165, 1.54) is 0 Å². The molecule has 1 rings (SSSR count). The summed E-state index contributed by atoms with van der Waals surface area (Å²) in [5.41, 5.74) is 0. The van der Waals surface area contributed by atoms with Crippen LogP contribution in [0.15, 0.2) is 0 Å². The predicted octanol–water partition coefficient (Wildman–Crippen LogP) is -4.03. The summed E-state index contributed by atoms with van der Waals surface area (Å²) in [4.78, 5) is 0. The van der Waals surface area contributed by atoms with Crippen molar-refractivity contribution in [3.8, 4) is 0 Å². The Bertz CT molecular complexity index is 54.4. The highest BCUT2D eigenvalue weighted by Gasteiger charge is 2.08. The van der Waals surface area contributed by atoms with Gasteiger partial charge in [0.1, 0.15) is 12.6 Å². The van der Waals surface area contributed by atoms with E-state index in [2.05, 4.69) is 12.2 Å². The number of rotatable bonds is 0. The maximum atomic E-state index is 5.25. The van der Waals surface area contributed by atoms with Gasteiger partial charge in [0.05, 0.1) is 13.2 Å². The van der Waals surface area contributed by atoms with Gasteiger partial charge in [0.2, 0.25) is 0 Å². The van der Waals surface area contributed by atoms with E-state index in [0.29, 0.717) is 6.10 Å². The zero-order valence-corrected chi connectivity index (χ0v) is 5.06. The Hall–Kier alpha value is -0.150. The Kier molecular flexibility index (Phi) is 3.73. The van der Waals surface area contributed by atoms with Gasteiger partial charge in [-0.1, -0.05) is 0 Å². The third-order valence-electron chi connectivity index (χ3n) is 1.22. The van der Waals surface area contributed by atoms with Gasteiger partial charge >= 0.3 is 0 Å². The molecule has 1 fully saturated rings. The number of quaternary nitrogens is 1. The van der Waals surface area contributed by atoms with Gasteiger partial charge in [0.15, 0.2) is 0 Å². The van der Waals surface area contributed by atoms with Crippen LogP contribution in [0.2, 0.25) is 0 Å². The highest BCUT2D eigenvalue weighted by Crippen LogP contribution is 1.85. The second-order valence-electron chi connectivity index (χ2n) is 1.99. The molecular weight excluding hydrogens is 109 g/mol. The molecule has 1 heterocycles. The van der Waals surface area contributed by atoms with Crippen molar-refractivity contribution in [2.75, 3.05) is 19.7 Å². The average Bonchev–Trinajstić information content (AvgIpc) is 1.69. The fraction of sp³-hybridized carbons (Fsp3) is 1.00. The topological polar surface area (TPSA) is 25.8 Å². The summed E-state index contributed by atoms with van der Waals surface area (Å²) in [5, 5.41) is 2.29. The van der Waals surface area contributed by atoms with Crippen LogP contribution in [0.5, 0.6) is 0 Å². The van der Waals surface area contributed by atoms with E-state index in [1.54, 1.807) is 0 Å². The van der Waals surface area contributed by atoms with Crippen molar-refractivity contribution in [2.45, 2.75) is 13.0 Å². The lowest BCUT2D eigenvalue weighted by Gasteiger charge is -2.15. The van der Waals surface area contributed by atoms with Crippen LogP contribution in [0.25, 0.3) is 0 Å². The first-order chi connectivity index (χ1) is 3.39.